The quantitative estimate of drug-likeness (QED) is 0.630. The van der Waals surface area contributed by atoms with Gasteiger partial charge in [0.15, 0.2) is 0 Å². The van der Waals surface area contributed by atoms with Gasteiger partial charge in [-0.15, -0.1) is 0 Å². The minimum Gasteiger partial charge on any atom is -0.339 e. The van der Waals surface area contributed by atoms with Gasteiger partial charge in [-0.1, -0.05) is 22.9 Å². The number of halogens is 1. The number of nitrogens with one attached hydrogen (secondary N) is 3. The lowest BCUT2D eigenvalue weighted by molar-refractivity contribution is -0.123. The number of carbonyl (C=O) groups excluding carboxylic acids is 2. The zero-order chi connectivity index (χ0) is 21.3. The van der Waals surface area contributed by atoms with Crippen molar-refractivity contribution in [2.45, 2.75) is 51.0 Å². The molecular formula is C21H24BrN5O3. The van der Waals surface area contributed by atoms with Crippen LogP contribution >= 0.6 is 15.9 Å². The predicted octanol–water partition coefficient (Wildman–Crippen LogP) is 3.37. The van der Waals surface area contributed by atoms with Gasteiger partial charge in [0.2, 0.25) is 17.8 Å². The molecule has 1 fully saturated rings. The number of hydrogen-bond acceptors (Lipinski definition) is 5. The van der Waals surface area contributed by atoms with Crippen LogP contribution in [0, 0.1) is 0 Å². The first-order valence-electron chi connectivity index (χ1n) is 10.2. The van der Waals surface area contributed by atoms with Crippen molar-refractivity contribution >= 4 is 45.2 Å². The summed E-state index contributed by atoms with van der Waals surface area (Å²) in [6.45, 7) is 2.92. The van der Waals surface area contributed by atoms with Gasteiger partial charge in [-0.25, -0.2) is 0 Å². The molecule has 0 bridgehead atoms. The molecule has 8 nitrogen and oxygen atoms in total. The van der Waals surface area contributed by atoms with Crippen molar-refractivity contribution in [2.75, 3.05) is 22.1 Å². The highest BCUT2D eigenvalue weighted by Crippen LogP contribution is 2.31. The number of rotatable bonds is 4. The summed E-state index contributed by atoms with van der Waals surface area (Å²) in [5.74, 6) is -0.988. The van der Waals surface area contributed by atoms with Crippen molar-refractivity contribution < 1.29 is 9.59 Å². The van der Waals surface area contributed by atoms with Crippen LogP contribution in [0.5, 0.6) is 0 Å². The molecule has 1 aromatic heterocycles. The third kappa shape index (κ3) is 4.12. The number of H-pyrrole nitrogens is 1. The second kappa shape index (κ2) is 8.59. The maximum absolute atomic E-state index is 13.0. The molecule has 158 valence electrons. The Morgan fingerprint density at radius 2 is 2.03 bits per heavy atom. The zero-order valence-electron chi connectivity index (χ0n) is 16.7. The average Bonchev–Trinajstić information content (AvgIpc) is 2.74. The fourth-order valence-electron chi connectivity index (χ4n) is 4.19. The molecule has 0 aliphatic carbocycles. The minimum atomic E-state index is -0.897. The van der Waals surface area contributed by atoms with Gasteiger partial charge in [0, 0.05) is 29.2 Å². The second-order valence-electron chi connectivity index (χ2n) is 7.70. The van der Waals surface area contributed by atoms with Crippen LogP contribution in [-0.4, -0.2) is 34.4 Å². The maximum atomic E-state index is 13.0. The van der Waals surface area contributed by atoms with Crippen LogP contribution in [0.3, 0.4) is 0 Å². The number of amides is 2. The number of hydrogen-bond donors (Lipinski definition) is 3. The van der Waals surface area contributed by atoms with Crippen LogP contribution in [0.2, 0.25) is 0 Å². The van der Waals surface area contributed by atoms with Crippen molar-refractivity contribution in [3.05, 3.63) is 44.7 Å². The summed E-state index contributed by atoms with van der Waals surface area (Å²) in [5.41, 5.74) is 0.417. The fourth-order valence-corrected chi connectivity index (χ4v) is 4.45. The first kappa shape index (κ1) is 20.6. The minimum absolute atomic E-state index is 0.0965. The highest BCUT2D eigenvalue weighted by molar-refractivity contribution is 9.10. The smallest absolute Gasteiger partial charge is 0.258 e. The van der Waals surface area contributed by atoms with Crippen LogP contribution in [-0.2, 0) is 9.59 Å². The Balaban J connectivity index is 1.65. The Bertz CT molecular complexity index is 1020. The molecule has 2 aliphatic rings. The van der Waals surface area contributed by atoms with Crippen molar-refractivity contribution in [1.29, 1.82) is 0 Å². The molecule has 0 unspecified atom stereocenters. The van der Waals surface area contributed by atoms with E-state index in [2.05, 4.69) is 48.4 Å². The van der Waals surface area contributed by atoms with Gasteiger partial charge in [0.25, 0.3) is 5.56 Å². The molecule has 2 amide bonds. The molecule has 2 atom stereocenters. The lowest BCUT2D eigenvalue weighted by Gasteiger charge is -2.36. The van der Waals surface area contributed by atoms with E-state index in [0.717, 1.165) is 36.7 Å². The number of aromatic amines is 1. The van der Waals surface area contributed by atoms with Crippen molar-refractivity contribution in [3.63, 3.8) is 0 Å². The summed E-state index contributed by atoms with van der Waals surface area (Å²) in [6, 6.07) is 7.41. The molecular weight excluding hydrogens is 450 g/mol. The highest BCUT2D eigenvalue weighted by Gasteiger charge is 2.35. The number of benzene rings is 1. The van der Waals surface area contributed by atoms with E-state index in [-0.39, 0.29) is 29.3 Å². The molecule has 3 N–H and O–H groups in total. The Morgan fingerprint density at radius 3 is 2.77 bits per heavy atom. The number of fused-ring (bicyclic) bond motifs is 1. The summed E-state index contributed by atoms with van der Waals surface area (Å²) < 4.78 is 0.888. The summed E-state index contributed by atoms with van der Waals surface area (Å²) >= 11 is 3.35. The molecule has 4 rings (SSSR count). The Kier molecular flexibility index (Phi) is 5.90. The average molecular weight is 474 g/mol. The molecule has 1 saturated heterocycles. The summed E-state index contributed by atoms with van der Waals surface area (Å²) in [5, 5.41) is 5.48. The van der Waals surface area contributed by atoms with Crippen molar-refractivity contribution in [3.8, 4) is 0 Å². The zero-order valence-corrected chi connectivity index (χ0v) is 18.3. The topological polar surface area (TPSA) is 107 Å². The number of aromatic nitrogens is 2. The number of anilines is 3. The van der Waals surface area contributed by atoms with Gasteiger partial charge in [0.05, 0.1) is 11.5 Å². The molecule has 0 radical (unpaired) electrons. The fraction of sp³-hybridized carbons (Fsp3) is 0.429. The lowest BCUT2D eigenvalue weighted by Crippen LogP contribution is -2.43. The molecule has 0 saturated carbocycles. The molecule has 9 heteroatoms. The Labute approximate surface area is 182 Å². The first-order valence-corrected chi connectivity index (χ1v) is 11.0. The van der Waals surface area contributed by atoms with E-state index < -0.39 is 11.8 Å². The van der Waals surface area contributed by atoms with Crippen LogP contribution in [0.1, 0.15) is 50.5 Å². The normalized spacial score (nSPS) is 21.0. The molecule has 0 spiro atoms. The van der Waals surface area contributed by atoms with Crippen LogP contribution in [0.4, 0.5) is 17.5 Å². The molecule has 3 heterocycles. The molecule has 1 aromatic carbocycles. The summed E-state index contributed by atoms with van der Waals surface area (Å²) in [6.07, 6.45) is 4.08. The Morgan fingerprint density at radius 1 is 1.27 bits per heavy atom. The lowest BCUT2D eigenvalue weighted by atomic mass is 9.92. The predicted molar refractivity (Wildman–Crippen MR) is 119 cm³/mol. The number of carbonyl (C=O) groups is 2. The van der Waals surface area contributed by atoms with E-state index >= 15 is 0 Å². The largest absolute Gasteiger partial charge is 0.339 e. The Hall–Kier alpha value is -2.68. The van der Waals surface area contributed by atoms with Crippen molar-refractivity contribution in [2.24, 2.45) is 0 Å². The van der Waals surface area contributed by atoms with E-state index in [1.54, 1.807) is 24.3 Å². The monoisotopic (exact) mass is 473 g/mol. The van der Waals surface area contributed by atoms with Gasteiger partial charge in [-0.2, -0.15) is 4.98 Å². The molecule has 2 aliphatic heterocycles. The van der Waals surface area contributed by atoms with Crippen LogP contribution < -0.4 is 21.1 Å². The number of nitrogens with zero attached hydrogens (tertiary/aromatic N) is 2. The van der Waals surface area contributed by atoms with E-state index in [4.69, 9.17) is 0 Å². The SMILES string of the molecule is CC[C@@H]1CCCCN1c1nc2c(c(=O)[nH]1)[C@@H](C(=O)Nc1ccc(Br)cc1)CC(=O)N2. The second-order valence-corrected chi connectivity index (χ2v) is 8.62. The third-order valence-electron chi connectivity index (χ3n) is 5.74. The summed E-state index contributed by atoms with van der Waals surface area (Å²) in [4.78, 5) is 47.7. The van der Waals surface area contributed by atoms with E-state index in [1.807, 2.05) is 0 Å². The van der Waals surface area contributed by atoms with Gasteiger partial charge in [-0.05, 0) is 49.9 Å². The first-order chi connectivity index (χ1) is 14.5. The standard InChI is InChI=1S/C21H24BrN5O3/c1-2-14-5-3-4-10-27(14)21-25-18-17(20(30)26-21)15(11-16(28)24-18)19(29)23-13-8-6-12(22)7-9-13/h6-9,14-15H,2-5,10-11H2,1H3,(H,23,29)(H2,24,25,26,28,30)/t14-,15+/m1/s1. The number of piperidine rings is 1. The third-order valence-corrected chi connectivity index (χ3v) is 6.27. The van der Waals surface area contributed by atoms with Crippen LogP contribution in [0.15, 0.2) is 33.5 Å². The van der Waals surface area contributed by atoms with Crippen molar-refractivity contribution in [1.82, 2.24) is 9.97 Å². The maximum Gasteiger partial charge on any atom is 0.258 e. The van der Waals surface area contributed by atoms with Gasteiger partial charge in [0.1, 0.15) is 5.82 Å². The van der Waals surface area contributed by atoms with E-state index in [1.165, 1.54) is 0 Å². The van der Waals surface area contributed by atoms with Gasteiger partial charge >= 0.3 is 0 Å². The van der Waals surface area contributed by atoms with Gasteiger partial charge < -0.3 is 15.5 Å². The van der Waals surface area contributed by atoms with Gasteiger partial charge in [-0.3, -0.25) is 19.4 Å². The molecule has 2 aromatic rings. The highest BCUT2D eigenvalue weighted by atomic mass is 79.9. The van der Waals surface area contributed by atoms with Crippen LogP contribution in [0.25, 0.3) is 0 Å². The summed E-state index contributed by atoms with van der Waals surface area (Å²) in [7, 11) is 0. The van der Waals surface area contributed by atoms with E-state index in [0.29, 0.717) is 17.7 Å². The van der Waals surface area contributed by atoms with E-state index in [9.17, 15) is 14.4 Å². The molecule has 30 heavy (non-hydrogen) atoms.